The van der Waals surface area contributed by atoms with Gasteiger partial charge in [-0.05, 0) is 23.1 Å². The van der Waals surface area contributed by atoms with Gasteiger partial charge in [0.15, 0.2) is 11.6 Å². The number of nitrogens with zero attached hydrogens (tertiary/aromatic N) is 2. The molecule has 5 heteroatoms. The topological polar surface area (TPSA) is 73.1 Å². The molecule has 0 fully saturated rings. The van der Waals surface area contributed by atoms with E-state index in [4.69, 9.17) is 10.5 Å². The summed E-state index contributed by atoms with van der Waals surface area (Å²) in [6, 6.07) is 18.5. The molecule has 0 radical (unpaired) electrons. The lowest BCUT2D eigenvalue weighted by Gasteiger charge is -2.14. The van der Waals surface area contributed by atoms with Crippen LogP contribution in [0.1, 0.15) is 25.3 Å². The summed E-state index contributed by atoms with van der Waals surface area (Å²) >= 11 is 0. The molecular formula is C21H24N4O. The van der Waals surface area contributed by atoms with Crippen molar-refractivity contribution in [3.05, 3.63) is 66.4 Å². The molecular weight excluding hydrogens is 324 g/mol. The molecule has 0 atom stereocenters. The van der Waals surface area contributed by atoms with Crippen LogP contribution in [0.2, 0.25) is 0 Å². The van der Waals surface area contributed by atoms with Crippen molar-refractivity contribution in [1.82, 2.24) is 9.97 Å². The molecule has 3 aromatic rings. The average molecular weight is 348 g/mol. The number of unbranched alkanes of at least 4 members (excludes halogenated alkanes) is 1. The van der Waals surface area contributed by atoms with Gasteiger partial charge in [-0.1, -0.05) is 67.9 Å². The van der Waals surface area contributed by atoms with Gasteiger partial charge in [0.05, 0.1) is 6.20 Å². The first-order valence-corrected chi connectivity index (χ1v) is 8.90. The molecule has 3 rings (SSSR count). The molecule has 0 unspecified atom stereocenters. The lowest BCUT2D eigenvalue weighted by Crippen LogP contribution is -2.09. The predicted octanol–water partition coefficient (Wildman–Crippen LogP) is 4.52. The van der Waals surface area contributed by atoms with Crippen molar-refractivity contribution in [2.75, 3.05) is 17.6 Å². The molecule has 3 N–H and O–H groups in total. The quantitative estimate of drug-likeness (QED) is 0.586. The number of hydrogen-bond acceptors (Lipinski definition) is 5. The van der Waals surface area contributed by atoms with Gasteiger partial charge < -0.3 is 15.8 Å². The van der Waals surface area contributed by atoms with Gasteiger partial charge in [0.25, 0.3) is 0 Å². The van der Waals surface area contributed by atoms with Gasteiger partial charge in [0.2, 0.25) is 5.95 Å². The Hall–Kier alpha value is -3.08. The molecule has 0 saturated carbocycles. The Kier molecular flexibility index (Phi) is 6.04. The molecule has 0 amide bonds. The maximum atomic E-state index is 6.03. The summed E-state index contributed by atoms with van der Waals surface area (Å²) in [5.74, 6) is 1.49. The van der Waals surface area contributed by atoms with E-state index in [0.29, 0.717) is 18.2 Å². The van der Waals surface area contributed by atoms with Crippen LogP contribution in [-0.2, 0) is 6.61 Å². The molecule has 0 saturated heterocycles. The van der Waals surface area contributed by atoms with E-state index in [-0.39, 0.29) is 5.95 Å². The average Bonchev–Trinajstić information content (AvgIpc) is 2.68. The van der Waals surface area contributed by atoms with Crippen LogP contribution in [0, 0.1) is 0 Å². The Morgan fingerprint density at radius 2 is 1.81 bits per heavy atom. The number of rotatable bonds is 8. The van der Waals surface area contributed by atoms with Crippen LogP contribution in [0.5, 0.6) is 5.75 Å². The van der Waals surface area contributed by atoms with Crippen LogP contribution in [-0.4, -0.2) is 16.5 Å². The number of ether oxygens (including phenoxy) is 1. The van der Waals surface area contributed by atoms with E-state index in [0.717, 1.165) is 30.5 Å². The van der Waals surface area contributed by atoms with Gasteiger partial charge in [-0.2, -0.15) is 4.98 Å². The number of benzene rings is 2. The highest BCUT2D eigenvalue weighted by Gasteiger charge is 2.10. The lowest BCUT2D eigenvalue weighted by molar-refractivity contribution is 0.306. The maximum Gasteiger partial charge on any atom is 0.222 e. The normalized spacial score (nSPS) is 10.5. The van der Waals surface area contributed by atoms with Crippen molar-refractivity contribution >= 4 is 11.8 Å². The number of nitrogen functional groups attached to an aromatic ring is 1. The Bertz CT molecular complexity index is 836. The van der Waals surface area contributed by atoms with E-state index in [2.05, 4.69) is 46.5 Å². The molecule has 0 spiro atoms. The molecule has 0 aliphatic rings. The monoisotopic (exact) mass is 348 g/mol. The third kappa shape index (κ3) is 4.51. The molecule has 0 aliphatic heterocycles. The summed E-state index contributed by atoms with van der Waals surface area (Å²) in [7, 11) is 0. The highest BCUT2D eigenvalue weighted by Crippen LogP contribution is 2.27. The van der Waals surface area contributed by atoms with Crippen molar-refractivity contribution < 1.29 is 4.74 Å². The molecule has 0 bridgehead atoms. The van der Waals surface area contributed by atoms with E-state index in [1.807, 2.05) is 30.3 Å². The van der Waals surface area contributed by atoms with Crippen molar-refractivity contribution in [2.24, 2.45) is 0 Å². The Balaban J connectivity index is 1.78. The van der Waals surface area contributed by atoms with E-state index < -0.39 is 0 Å². The predicted molar refractivity (Wildman–Crippen MR) is 106 cm³/mol. The molecule has 1 aromatic heterocycles. The first-order chi connectivity index (χ1) is 12.8. The zero-order chi connectivity index (χ0) is 18.2. The van der Waals surface area contributed by atoms with E-state index in [1.54, 1.807) is 6.20 Å². The van der Waals surface area contributed by atoms with Gasteiger partial charge in [-0.15, -0.1) is 0 Å². The summed E-state index contributed by atoms with van der Waals surface area (Å²) in [5.41, 5.74) is 9.15. The Morgan fingerprint density at radius 3 is 2.62 bits per heavy atom. The van der Waals surface area contributed by atoms with Crippen molar-refractivity contribution in [2.45, 2.75) is 26.4 Å². The van der Waals surface area contributed by atoms with Crippen LogP contribution in [0.4, 0.5) is 11.8 Å². The standard InChI is InChI=1S/C21H24N4O/c1-2-3-13-23-20-19(14-24-21(22)25-20)26-15-17-11-7-8-12-18(17)16-9-5-4-6-10-16/h4-12,14H,2-3,13,15H2,1H3,(H3,22,23,24,25). The fraction of sp³-hybridized carbons (Fsp3) is 0.238. The second-order valence-corrected chi connectivity index (χ2v) is 6.03. The largest absolute Gasteiger partial charge is 0.483 e. The van der Waals surface area contributed by atoms with Crippen LogP contribution >= 0.6 is 0 Å². The fourth-order valence-corrected chi connectivity index (χ4v) is 2.70. The number of nitrogens with one attached hydrogen (secondary N) is 1. The summed E-state index contributed by atoms with van der Waals surface area (Å²) in [6.45, 7) is 3.40. The van der Waals surface area contributed by atoms with E-state index in [1.165, 1.54) is 5.56 Å². The number of aromatic nitrogens is 2. The summed E-state index contributed by atoms with van der Waals surface area (Å²) < 4.78 is 6.03. The van der Waals surface area contributed by atoms with Gasteiger partial charge in [0, 0.05) is 6.54 Å². The summed E-state index contributed by atoms with van der Waals surface area (Å²) in [4.78, 5) is 8.33. The molecule has 1 heterocycles. The Morgan fingerprint density at radius 1 is 1.04 bits per heavy atom. The highest BCUT2D eigenvalue weighted by atomic mass is 16.5. The summed E-state index contributed by atoms with van der Waals surface area (Å²) in [5, 5.41) is 3.28. The number of nitrogens with two attached hydrogens (primary N) is 1. The molecule has 5 nitrogen and oxygen atoms in total. The van der Waals surface area contributed by atoms with Crippen molar-refractivity contribution in [1.29, 1.82) is 0 Å². The SMILES string of the molecule is CCCCNc1nc(N)ncc1OCc1ccccc1-c1ccccc1. The first kappa shape index (κ1) is 17.7. The van der Waals surface area contributed by atoms with Crippen LogP contribution in [0.25, 0.3) is 11.1 Å². The molecule has 134 valence electrons. The van der Waals surface area contributed by atoms with Gasteiger partial charge >= 0.3 is 0 Å². The van der Waals surface area contributed by atoms with Crippen LogP contribution in [0.3, 0.4) is 0 Å². The zero-order valence-corrected chi connectivity index (χ0v) is 15.0. The lowest BCUT2D eigenvalue weighted by atomic mass is 10.0. The minimum atomic E-state index is 0.237. The van der Waals surface area contributed by atoms with E-state index in [9.17, 15) is 0 Å². The van der Waals surface area contributed by atoms with E-state index >= 15 is 0 Å². The maximum absolute atomic E-state index is 6.03. The fourth-order valence-electron chi connectivity index (χ4n) is 2.70. The van der Waals surface area contributed by atoms with Crippen molar-refractivity contribution in [3.8, 4) is 16.9 Å². The van der Waals surface area contributed by atoms with Crippen molar-refractivity contribution in [3.63, 3.8) is 0 Å². The highest BCUT2D eigenvalue weighted by molar-refractivity contribution is 5.67. The zero-order valence-electron chi connectivity index (χ0n) is 15.0. The minimum absolute atomic E-state index is 0.237. The molecule has 2 aromatic carbocycles. The molecule has 0 aliphatic carbocycles. The smallest absolute Gasteiger partial charge is 0.222 e. The van der Waals surface area contributed by atoms with Crippen LogP contribution in [0.15, 0.2) is 60.8 Å². The minimum Gasteiger partial charge on any atom is -0.483 e. The number of hydrogen-bond donors (Lipinski definition) is 2. The second kappa shape index (κ2) is 8.85. The third-order valence-corrected chi connectivity index (χ3v) is 4.08. The Labute approximate surface area is 154 Å². The first-order valence-electron chi connectivity index (χ1n) is 8.90. The van der Waals surface area contributed by atoms with Gasteiger partial charge in [0.1, 0.15) is 6.61 Å². The van der Waals surface area contributed by atoms with Crippen LogP contribution < -0.4 is 15.8 Å². The third-order valence-electron chi connectivity index (χ3n) is 4.08. The summed E-state index contributed by atoms with van der Waals surface area (Å²) in [6.07, 6.45) is 3.79. The van der Waals surface area contributed by atoms with Gasteiger partial charge in [-0.25, -0.2) is 4.98 Å². The number of anilines is 2. The molecule has 26 heavy (non-hydrogen) atoms. The second-order valence-electron chi connectivity index (χ2n) is 6.03. The van der Waals surface area contributed by atoms with Gasteiger partial charge in [-0.3, -0.25) is 0 Å².